The van der Waals surface area contributed by atoms with Gasteiger partial charge in [0.05, 0.1) is 6.54 Å². The normalized spacial score (nSPS) is 24.3. The van der Waals surface area contributed by atoms with E-state index in [0.29, 0.717) is 19.4 Å². The molecule has 0 saturated carbocycles. The molecular formula is C12H14BrF2N. The minimum Gasteiger partial charge on any atom is -0.311 e. The smallest absolute Gasteiger partial charge is 0.263 e. The maximum atomic E-state index is 13.6. The van der Waals surface area contributed by atoms with Crippen molar-refractivity contribution in [2.75, 3.05) is 13.1 Å². The highest BCUT2D eigenvalue weighted by molar-refractivity contribution is 9.10. The van der Waals surface area contributed by atoms with E-state index in [-0.39, 0.29) is 6.54 Å². The molecule has 2 rings (SSSR count). The molecule has 1 aromatic rings. The Bertz CT molecular complexity index is 368. The molecule has 88 valence electrons. The number of hydrogen-bond acceptors (Lipinski definition) is 1. The Kier molecular flexibility index (Phi) is 3.60. The first-order valence-electron chi connectivity index (χ1n) is 5.41. The van der Waals surface area contributed by atoms with Gasteiger partial charge < -0.3 is 5.32 Å². The average Bonchev–Trinajstić information content (AvgIpc) is 2.21. The molecule has 1 aliphatic heterocycles. The van der Waals surface area contributed by atoms with E-state index in [1.807, 2.05) is 24.3 Å². The Labute approximate surface area is 102 Å². The summed E-state index contributed by atoms with van der Waals surface area (Å²) in [6, 6.07) is 7.61. The van der Waals surface area contributed by atoms with Gasteiger partial charge >= 0.3 is 0 Å². The van der Waals surface area contributed by atoms with Crippen LogP contribution in [0.5, 0.6) is 0 Å². The van der Waals surface area contributed by atoms with Crippen LogP contribution >= 0.6 is 15.9 Å². The first-order chi connectivity index (χ1) is 7.58. The van der Waals surface area contributed by atoms with Crippen LogP contribution in [0.3, 0.4) is 0 Å². The van der Waals surface area contributed by atoms with Crippen molar-refractivity contribution in [3.8, 4) is 0 Å². The Morgan fingerprint density at radius 1 is 1.44 bits per heavy atom. The first kappa shape index (κ1) is 12.0. The van der Waals surface area contributed by atoms with Crippen LogP contribution in [0.4, 0.5) is 8.78 Å². The standard InChI is InChI=1S/C12H14BrF2N/c13-11-3-1-2-9(7-11)6-10-4-5-16-8-12(10,14)15/h1-3,7,10,16H,4-6,8H2. The Morgan fingerprint density at radius 2 is 2.25 bits per heavy atom. The fourth-order valence-electron chi connectivity index (χ4n) is 2.09. The van der Waals surface area contributed by atoms with Crippen molar-refractivity contribution in [2.24, 2.45) is 5.92 Å². The second-order valence-corrected chi connectivity index (χ2v) is 5.17. The van der Waals surface area contributed by atoms with Crippen molar-refractivity contribution < 1.29 is 8.78 Å². The monoisotopic (exact) mass is 289 g/mol. The van der Waals surface area contributed by atoms with Crippen LogP contribution < -0.4 is 5.32 Å². The summed E-state index contributed by atoms with van der Waals surface area (Å²) < 4.78 is 28.1. The predicted molar refractivity (Wildman–Crippen MR) is 63.8 cm³/mol. The molecule has 0 bridgehead atoms. The second kappa shape index (κ2) is 4.80. The predicted octanol–water partition coefficient (Wildman–Crippen LogP) is 3.24. The van der Waals surface area contributed by atoms with Crippen LogP contribution in [-0.4, -0.2) is 19.0 Å². The number of nitrogens with one attached hydrogen (secondary N) is 1. The Balaban J connectivity index is 2.08. The topological polar surface area (TPSA) is 12.0 Å². The van der Waals surface area contributed by atoms with Crippen molar-refractivity contribution in [1.29, 1.82) is 0 Å². The van der Waals surface area contributed by atoms with Gasteiger partial charge in [0.2, 0.25) is 0 Å². The SMILES string of the molecule is FC1(F)CNCCC1Cc1cccc(Br)c1. The molecule has 1 aliphatic rings. The van der Waals surface area contributed by atoms with Gasteiger partial charge in [-0.1, -0.05) is 28.1 Å². The van der Waals surface area contributed by atoms with E-state index in [1.165, 1.54) is 0 Å². The van der Waals surface area contributed by atoms with E-state index in [1.54, 1.807) is 0 Å². The summed E-state index contributed by atoms with van der Waals surface area (Å²) in [6.07, 6.45) is 0.994. The summed E-state index contributed by atoms with van der Waals surface area (Å²) in [4.78, 5) is 0. The summed E-state index contributed by atoms with van der Waals surface area (Å²) in [5.41, 5.74) is 0.973. The van der Waals surface area contributed by atoms with Gasteiger partial charge in [-0.25, -0.2) is 8.78 Å². The maximum Gasteiger partial charge on any atom is 0.263 e. The molecular weight excluding hydrogens is 276 g/mol. The highest BCUT2D eigenvalue weighted by atomic mass is 79.9. The fraction of sp³-hybridized carbons (Fsp3) is 0.500. The lowest BCUT2D eigenvalue weighted by molar-refractivity contribution is -0.0727. The molecule has 1 fully saturated rings. The van der Waals surface area contributed by atoms with Gasteiger partial charge in [-0.15, -0.1) is 0 Å². The number of halogens is 3. The number of alkyl halides is 2. The highest BCUT2D eigenvalue weighted by Gasteiger charge is 2.41. The molecule has 4 heteroatoms. The van der Waals surface area contributed by atoms with E-state index in [4.69, 9.17) is 0 Å². The van der Waals surface area contributed by atoms with Crippen LogP contribution in [0.2, 0.25) is 0 Å². The lowest BCUT2D eigenvalue weighted by atomic mass is 9.88. The molecule has 1 atom stereocenters. The zero-order valence-electron chi connectivity index (χ0n) is 8.85. The van der Waals surface area contributed by atoms with Crippen molar-refractivity contribution in [3.63, 3.8) is 0 Å². The van der Waals surface area contributed by atoms with Gasteiger partial charge in [-0.2, -0.15) is 0 Å². The van der Waals surface area contributed by atoms with Crippen molar-refractivity contribution >= 4 is 15.9 Å². The van der Waals surface area contributed by atoms with Crippen LogP contribution in [0.1, 0.15) is 12.0 Å². The van der Waals surface area contributed by atoms with Crippen LogP contribution in [0, 0.1) is 5.92 Å². The minimum atomic E-state index is -2.58. The third-order valence-corrected chi connectivity index (χ3v) is 3.49. The van der Waals surface area contributed by atoms with Crippen LogP contribution in [0.25, 0.3) is 0 Å². The maximum absolute atomic E-state index is 13.6. The van der Waals surface area contributed by atoms with E-state index in [9.17, 15) is 8.78 Å². The lowest BCUT2D eigenvalue weighted by Gasteiger charge is -2.32. The molecule has 1 N–H and O–H groups in total. The van der Waals surface area contributed by atoms with E-state index < -0.39 is 11.8 Å². The molecule has 1 heterocycles. The summed E-state index contributed by atoms with van der Waals surface area (Å²) in [7, 11) is 0. The number of piperidine rings is 1. The quantitative estimate of drug-likeness (QED) is 0.881. The molecule has 0 amide bonds. The molecule has 16 heavy (non-hydrogen) atoms. The fourth-order valence-corrected chi connectivity index (χ4v) is 2.53. The average molecular weight is 290 g/mol. The van der Waals surface area contributed by atoms with Crippen molar-refractivity contribution in [1.82, 2.24) is 5.32 Å². The minimum absolute atomic E-state index is 0.189. The van der Waals surface area contributed by atoms with Crippen LogP contribution in [-0.2, 0) is 6.42 Å². The number of rotatable bonds is 2. The van der Waals surface area contributed by atoms with Crippen LogP contribution in [0.15, 0.2) is 28.7 Å². The van der Waals surface area contributed by atoms with E-state index in [0.717, 1.165) is 10.0 Å². The van der Waals surface area contributed by atoms with E-state index in [2.05, 4.69) is 21.2 Å². The Morgan fingerprint density at radius 3 is 2.94 bits per heavy atom. The molecule has 0 aliphatic carbocycles. The Hall–Kier alpha value is -0.480. The highest BCUT2D eigenvalue weighted by Crippen LogP contribution is 2.32. The lowest BCUT2D eigenvalue weighted by Crippen LogP contribution is -2.46. The molecule has 1 saturated heterocycles. The van der Waals surface area contributed by atoms with Crippen molar-refractivity contribution in [3.05, 3.63) is 34.3 Å². The van der Waals surface area contributed by atoms with Gasteiger partial charge in [-0.05, 0) is 37.1 Å². The van der Waals surface area contributed by atoms with Gasteiger partial charge in [-0.3, -0.25) is 0 Å². The summed E-state index contributed by atoms with van der Waals surface area (Å²) in [6.45, 7) is 0.500. The molecule has 0 aromatic heterocycles. The summed E-state index contributed by atoms with van der Waals surface area (Å²) >= 11 is 3.36. The van der Waals surface area contributed by atoms with Gasteiger partial charge in [0, 0.05) is 10.4 Å². The van der Waals surface area contributed by atoms with Gasteiger partial charge in [0.15, 0.2) is 0 Å². The third-order valence-electron chi connectivity index (χ3n) is 3.00. The number of hydrogen-bond donors (Lipinski definition) is 1. The van der Waals surface area contributed by atoms with Gasteiger partial charge in [0.1, 0.15) is 0 Å². The largest absolute Gasteiger partial charge is 0.311 e. The van der Waals surface area contributed by atoms with E-state index >= 15 is 0 Å². The molecule has 0 spiro atoms. The molecule has 0 radical (unpaired) electrons. The third kappa shape index (κ3) is 2.80. The molecule has 1 aromatic carbocycles. The second-order valence-electron chi connectivity index (χ2n) is 4.26. The first-order valence-corrected chi connectivity index (χ1v) is 6.20. The zero-order chi connectivity index (χ0) is 11.6. The summed E-state index contributed by atoms with van der Waals surface area (Å²) in [5, 5.41) is 2.74. The van der Waals surface area contributed by atoms with Gasteiger partial charge in [0.25, 0.3) is 5.92 Å². The molecule has 1 unspecified atom stereocenters. The number of benzene rings is 1. The van der Waals surface area contributed by atoms with Crippen molar-refractivity contribution in [2.45, 2.75) is 18.8 Å². The zero-order valence-corrected chi connectivity index (χ0v) is 10.4. The molecule has 1 nitrogen and oxygen atoms in total. The summed E-state index contributed by atoms with van der Waals surface area (Å²) in [5.74, 6) is -3.12.